The van der Waals surface area contributed by atoms with Crippen molar-refractivity contribution in [3.63, 3.8) is 0 Å². The van der Waals surface area contributed by atoms with Crippen LogP contribution in [0, 0.1) is 0 Å². The van der Waals surface area contributed by atoms with E-state index in [1.165, 1.54) is 0 Å². The van der Waals surface area contributed by atoms with E-state index in [9.17, 15) is 0 Å². The first-order chi connectivity index (χ1) is 7.05. The highest BCUT2D eigenvalue weighted by Gasteiger charge is 2.23. The second-order valence-corrected chi connectivity index (χ2v) is 3.69. The van der Waals surface area contributed by atoms with Crippen molar-refractivity contribution in [1.82, 2.24) is 0 Å². The third-order valence-corrected chi connectivity index (χ3v) is 2.45. The summed E-state index contributed by atoms with van der Waals surface area (Å²) in [6.07, 6.45) is 0. The van der Waals surface area contributed by atoms with Gasteiger partial charge >= 0.3 is 0 Å². The molecule has 0 radical (unpaired) electrons. The Hall–Kier alpha value is -1.26. The molecule has 84 valence electrons. The zero-order chi connectivity index (χ0) is 11.5. The summed E-state index contributed by atoms with van der Waals surface area (Å²) < 4.78 is 10.4. The second kappa shape index (κ2) is 4.51. The van der Waals surface area contributed by atoms with Crippen LogP contribution in [0.2, 0.25) is 0 Å². The summed E-state index contributed by atoms with van der Waals surface area (Å²) in [5.74, 6) is 1.47. The number of rotatable bonds is 4. The van der Waals surface area contributed by atoms with Crippen molar-refractivity contribution in [3.8, 4) is 11.5 Å². The smallest absolute Gasteiger partial charge is 0.124 e. The van der Waals surface area contributed by atoms with Crippen molar-refractivity contribution in [2.24, 2.45) is 11.5 Å². The molecule has 0 aliphatic rings. The molecule has 0 saturated carbocycles. The summed E-state index contributed by atoms with van der Waals surface area (Å²) in [6.45, 7) is 2.21. The average molecular weight is 210 g/mol. The number of hydrogen-bond acceptors (Lipinski definition) is 4. The molecule has 15 heavy (non-hydrogen) atoms. The van der Waals surface area contributed by atoms with Gasteiger partial charge < -0.3 is 20.9 Å². The molecule has 0 aliphatic carbocycles. The predicted octanol–water partition coefficient (Wildman–Crippen LogP) is 0.836. The fraction of sp³-hybridized carbons (Fsp3) is 0.455. The van der Waals surface area contributed by atoms with E-state index in [0.717, 1.165) is 17.1 Å². The molecule has 0 aromatic heterocycles. The first-order valence-corrected chi connectivity index (χ1v) is 4.76. The van der Waals surface area contributed by atoms with Gasteiger partial charge in [-0.2, -0.15) is 0 Å². The molecule has 1 aromatic rings. The molecule has 1 aromatic carbocycles. The summed E-state index contributed by atoms with van der Waals surface area (Å²) in [5.41, 5.74) is 12.0. The highest BCUT2D eigenvalue weighted by molar-refractivity contribution is 5.44. The van der Waals surface area contributed by atoms with E-state index in [4.69, 9.17) is 20.9 Å². The Labute approximate surface area is 90.2 Å². The van der Waals surface area contributed by atoms with Crippen LogP contribution in [-0.2, 0) is 5.54 Å². The van der Waals surface area contributed by atoms with E-state index in [2.05, 4.69) is 0 Å². The maximum absolute atomic E-state index is 6.08. The largest absolute Gasteiger partial charge is 0.497 e. The summed E-state index contributed by atoms with van der Waals surface area (Å²) in [5, 5.41) is 0. The summed E-state index contributed by atoms with van der Waals surface area (Å²) in [4.78, 5) is 0. The number of benzene rings is 1. The third kappa shape index (κ3) is 2.40. The SMILES string of the molecule is COc1ccc(OC)c(C(C)(N)CN)c1. The minimum Gasteiger partial charge on any atom is -0.497 e. The van der Waals surface area contributed by atoms with Gasteiger partial charge in [0.1, 0.15) is 11.5 Å². The fourth-order valence-corrected chi connectivity index (χ4v) is 1.37. The van der Waals surface area contributed by atoms with E-state index in [1.807, 2.05) is 25.1 Å². The van der Waals surface area contributed by atoms with Crippen molar-refractivity contribution in [3.05, 3.63) is 23.8 Å². The Balaban J connectivity index is 3.23. The lowest BCUT2D eigenvalue weighted by molar-refractivity contribution is 0.380. The van der Waals surface area contributed by atoms with Gasteiger partial charge in [-0.05, 0) is 25.1 Å². The summed E-state index contributed by atoms with van der Waals surface area (Å²) in [6, 6.07) is 5.51. The Kier molecular flexibility index (Phi) is 3.55. The monoisotopic (exact) mass is 210 g/mol. The predicted molar refractivity (Wildman–Crippen MR) is 60.1 cm³/mol. The Bertz CT molecular complexity index is 337. The number of methoxy groups -OCH3 is 2. The minimum atomic E-state index is -0.611. The zero-order valence-corrected chi connectivity index (χ0v) is 9.41. The molecule has 0 heterocycles. The zero-order valence-electron chi connectivity index (χ0n) is 9.41. The fourth-order valence-electron chi connectivity index (χ4n) is 1.37. The molecular formula is C11H18N2O2. The van der Waals surface area contributed by atoms with Crippen LogP contribution in [0.4, 0.5) is 0 Å². The van der Waals surface area contributed by atoms with Gasteiger partial charge in [-0.1, -0.05) is 0 Å². The van der Waals surface area contributed by atoms with E-state index in [1.54, 1.807) is 14.2 Å². The van der Waals surface area contributed by atoms with Crippen LogP contribution in [0.25, 0.3) is 0 Å². The molecule has 1 unspecified atom stereocenters. The first kappa shape index (κ1) is 11.8. The third-order valence-electron chi connectivity index (χ3n) is 2.45. The molecule has 4 heteroatoms. The molecule has 1 rings (SSSR count). The Morgan fingerprint density at radius 3 is 2.40 bits per heavy atom. The van der Waals surface area contributed by atoms with Gasteiger partial charge in [0.25, 0.3) is 0 Å². The van der Waals surface area contributed by atoms with Crippen molar-refractivity contribution >= 4 is 0 Å². The lowest BCUT2D eigenvalue weighted by Gasteiger charge is -2.25. The first-order valence-electron chi connectivity index (χ1n) is 4.76. The van der Waals surface area contributed by atoms with Crippen LogP contribution in [0.15, 0.2) is 18.2 Å². The quantitative estimate of drug-likeness (QED) is 0.772. The molecule has 1 atom stereocenters. The number of hydrogen-bond donors (Lipinski definition) is 2. The van der Waals surface area contributed by atoms with E-state index in [0.29, 0.717) is 6.54 Å². The number of nitrogens with two attached hydrogens (primary N) is 2. The standard InChI is InChI=1S/C11H18N2O2/c1-11(13,7-12)9-6-8(14-2)4-5-10(9)15-3/h4-6H,7,12-13H2,1-3H3. The second-order valence-electron chi connectivity index (χ2n) is 3.69. The summed E-state index contributed by atoms with van der Waals surface area (Å²) in [7, 11) is 3.22. The molecule has 0 aliphatic heterocycles. The molecule has 0 amide bonds. The lowest BCUT2D eigenvalue weighted by atomic mass is 9.92. The van der Waals surface area contributed by atoms with Crippen LogP contribution in [0.5, 0.6) is 11.5 Å². The summed E-state index contributed by atoms with van der Waals surface area (Å²) >= 11 is 0. The number of ether oxygens (including phenoxy) is 2. The molecule has 0 bridgehead atoms. The van der Waals surface area contributed by atoms with Crippen molar-refractivity contribution < 1.29 is 9.47 Å². The Morgan fingerprint density at radius 1 is 1.27 bits per heavy atom. The molecule has 4 N–H and O–H groups in total. The lowest BCUT2D eigenvalue weighted by Crippen LogP contribution is -2.41. The van der Waals surface area contributed by atoms with E-state index >= 15 is 0 Å². The maximum atomic E-state index is 6.08. The van der Waals surface area contributed by atoms with E-state index in [-0.39, 0.29) is 0 Å². The topological polar surface area (TPSA) is 70.5 Å². The van der Waals surface area contributed by atoms with Gasteiger partial charge in [-0.3, -0.25) is 0 Å². The van der Waals surface area contributed by atoms with Gasteiger partial charge in [0.05, 0.1) is 19.8 Å². The molecular weight excluding hydrogens is 192 g/mol. The van der Waals surface area contributed by atoms with Gasteiger partial charge in [-0.15, -0.1) is 0 Å². The molecule has 0 fully saturated rings. The Morgan fingerprint density at radius 2 is 1.93 bits per heavy atom. The van der Waals surface area contributed by atoms with E-state index < -0.39 is 5.54 Å². The van der Waals surface area contributed by atoms with Crippen molar-refractivity contribution in [2.45, 2.75) is 12.5 Å². The molecule has 0 saturated heterocycles. The van der Waals surface area contributed by atoms with Crippen LogP contribution in [0.3, 0.4) is 0 Å². The van der Waals surface area contributed by atoms with Crippen LogP contribution in [0.1, 0.15) is 12.5 Å². The van der Waals surface area contributed by atoms with Gasteiger partial charge in [0.15, 0.2) is 0 Å². The van der Waals surface area contributed by atoms with Crippen LogP contribution < -0.4 is 20.9 Å². The van der Waals surface area contributed by atoms with Crippen LogP contribution >= 0.6 is 0 Å². The van der Waals surface area contributed by atoms with Gasteiger partial charge in [0.2, 0.25) is 0 Å². The average Bonchev–Trinajstić information content (AvgIpc) is 2.28. The molecule has 4 nitrogen and oxygen atoms in total. The maximum Gasteiger partial charge on any atom is 0.124 e. The van der Waals surface area contributed by atoms with Crippen LogP contribution in [-0.4, -0.2) is 20.8 Å². The normalized spacial score (nSPS) is 14.5. The molecule has 0 spiro atoms. The highest BCUT2D eigenvalue weighted by Crippen LogP contribution is 2.30. The highest BCUT2D eigenvalue weighted by atomic mass is 16.5. The van der Waals surface area contributed by atoms with Crippen molar-refractivity contribution in [2.75, 3.05) is 20.8 Å². The van der Waals surface area contributed by atoms with Crippen molar-refractivity contribution in [1.29, 1.82) is 0 Å². The van der Waals surface area contributed by atoms with Gasteiger partial charge in [0, 0.05) is 12.1 Å². The van der Waals surface area contributed by atoms with Gasteiger partial charge in [-0.25, -0.2) is 0 Å². The minimum absolute atomic E-state index is 0.344.